The minimum Gasteiger partial charge on any atom is -0.493 e. The summed E-state index contributed by atoms with van der Waals surface area (Å²) in [5.74, 6) is 1.68. The molecule has 2 aromatic rings. The summed E-state index contributed by atoms with van der Waals surface area (Å²) in [5, 5.41) is 0. The number of Topliss-reactive ketones (excluding diaryl/α,β-unsaturated/α-hetero) is 1. The predicted molar refractivity (Wildman–Crippen MR) is 112 cm³/mol. The van der Waals surface area contributed by atoms with E-state index in [1.807, 2.05) is 24.3 Å². The van der Waals surface area contributed by atoms with Crippen molar-refractivity contribution in [2.24, 2.45) is 0 Å². The molecule has 2 aliphatic rings. The van der Waals surface area contributed by atoms with Crippen molar-refractivity contribution in [3.63, 3.8) is 0 Å². The highest BCUT2D eigenvalue weighted by Gasteiger charge is 2.50. The number of nitrogens with zero attached hydrogens (tertiary/aromatic N) is 1. The Balaban J connectivity index is 1.80. The first-order valence-electron chi connectivity index (χ1n) is 9.49. The van der Waals surface area contributed by atoms with E-state index in [4.69, 9.17) is 9.47 Å². The lowest BCUT2D eigenvalue weighted by Gasteiger charge is -2.39. The van der Waals surface area contributed by atoms with Gasteiger partial charge >= 0.3 is 0 Å². The van der Waals surface area contributed by atoms with Crippen molar-refractivity contribution >= 4 is 17.5 Å². The number of methoxy groups -OCH3 is 2. The number of likely N-dealkylation sites (N-methyl/N-ethyl adjacent to an activating group) is 1. The maximum Gasteiger partial charge on any atom is 0.170 e. The first-order valence-corrected chi connectivity index (χ1v) is 10.3. The Morgan fingerprint density at radius 2 is 1.82 bits per heavy atom. The molecule has 0 unspecified atom stereocenters. The molecule has 5 heteroatoms. The Morgan fingerprint density at radius 1 is 1.07 bits per heavy atom. The summed E-state index contributed by atoms with van der Waals surface area (Å²) in [5.41, 5.74) is 0.984. The van der Waals surface area contributed by atoms with Crippen molar-refractivity contribution in [1.82, 2.24) is 4.90 Å². The van der Waals surface area contributed by atoms with Gasteiger partial charge in [-0.1, -0.05) is 42.1 Å². The highest BCUT2D eigenvalue weighted by Crippen LogP contribution is 2.49. The van der Waals surface area contributed by atoms with Crippen LogP contribution in [0.2, 0.25) is 0 Å². The number of carbonyl (C=O) groups excluding carboxylic acids is 1. The molecular formula is C23H25NO3S. The molecule has 4 rings (SSSR count). The third-order valence-corrected chi connectivity index (χ3v) is 7.01. The van der Waals surface area contributed by atoms with Crippen molar-refractivity contribution in [1.29, 1.82) is 0 Å². The Labute approximate surface area is 170 Å². The molecule has 0 spiro atoms. The quantitative estimate of drug-likeness (QED) is 0.755. The van der Waals surface area contributed by atoms with Crippen LogP contribution in [0.3, 0.4) is 0 Å². The van der Waals surface area contributed by atoms with Crippen LogP contribution < -0.4 is 9.47 Å². The molecule has 2 atom stereocenters. The molecule has 28 heavy (non-hydrogen) atoms. The van der Waals surface area contributed by atoms with Crippen LogP contribution in [0.5, 0.6) is 11.5 Å². The lowest BCUT2D eigenvalue weighted by molar-refractivity contribution is -0.116. The number of ether oxygens (including phenoxy) is 2. The zero-order valence-electron chi connectivity index (χ0n) is 16.5. The number of fused-ring (bicyclic) bond motifs is 1. The molecule has 1 heterocycles. The molecule has 2 aromatic carbocycles. The van der Waals surface area contributed by atoms with Gasteiger partial charge in [-0.25, -0.2) is 0 Å². The fraction of sp³-hybridized carbons (Fsp3) is 0.348. The van der Waals surface area contributed by atoms with E-state index in [-0.39, 0.29) is 17.2 Å². The lowest BCUT2D eigenvalue weighted by atomic mass is 9.69. The molecule has 1 aliphatic heterocycles. The monoisotopic (exact) mass is 395 g/mol. The van der Waals surface area contributed by atoms with Gasteiger partial charge in [0, 0.05) is 22.8 Å². The topological polar surface area (TPSA) is 38.8 Å². The maximum atomic E-state index is 12.9. The molecule has 1 saturated heterocycles. The van der Waals surface area contributed by atoms with E-state index in [2.05, 4.69) is 42.3 Å². The number of rotatable bonds is 5. The average molecular weight is 396 g/mol. The van der Waals surface area contributed by atoms with Crippen LogP contribution in [0.4, 0.5) is 0 Å². The largest absolute Gasteiger partial charge is 0.493 e. The van der Waals surface area contributed by atoms with Crippen LogP contribution >= 0.6 is 11.8 Å². The number of benzene rings is 2. The van der Waals surface area contributed by atoms with Crippen LogP contribution in [-0.4, -0.2) is 44.5 Å². The van der Waals surface area contributed by atoms with Crippen LogP contribution in [-0.2, 0) is 10.2 Å². The van der Waals surface area contributed by atoms with Gasteiger partial charge in [0.1, 0.15) is 0 Å². The molecule has 1 aliphatic carbocycles. The molecule has 4 nitrogen and oxygen atoms in total. The van der Waals surface area contributed by atoms with E-state index < -0.39 is 0 Å². The Morgan fingerprint density at radius 3 is 2.54 bits per heavy atom. The Kier molecular flexibility index (Phi) is 5.21. The summed E-state index contributed by atoms with van der Waals surface area (Å²) in [6.45, 7) is 0.964. The minimum atomic E-state index is -0.195. The zero-order valence-corrected chi connectivity index (χ0v) is 17.3. The van der Waals surface area contributed by atoms with Crippen molar-refractivity contribution in [2.45, 2.75) is 29.2 Å². The summed E-state index contributed by atoms with van der Waals surface area (Å²) in [6, 6.07) is 16.4. The molecule has 0 aromatic heterocycles. The van der Waals surface area contributed by atoms with Crippen molar-refractivity contribution in [3.8, 4) is 11.5 Å². The van der Waals surface area contributed by atoms with Gasteiger partial charge in [-0.3, -0.25) is 4.79 Å². The number of thioether (sulfide) groups is 1. The SMILES string of the molecule is COc1ccc([C@]23C=C(Sc4ccccc4)C(=O)C[C@H]2N(C)CC3)cc1OC. The van der Waals surface area contributed by atoms with E-state index in [1.54, 1.807) is 26.0 Å². The number of carbonyl (C=O) groups is 1. The van der Waals surface area contributed by atoms with E-state index in [1.165, 1.54) is 5.56 Å². The maximum absolute atomic E-state index is 12.9. The van der Waals surface area contributed by atoms with Gasteiger partial charge in [0.2, 0.25) is 0 Å². The normalized spacial score (nSPS) is 24.6. The van der Waals surface area contributed by atoms with Gasteiger partial charge < -0.3 is 14.4 Å². The fourth-order valence-corrected chi connectivity index (χ4v) is 5.44. The van der Waals surface area contributed by atoms with Gasteiger partial charge in [0.25, 0.3) is 0 Å². The Bertz CT molecular complexity index is 911. The Hall–Kier alpha value is -2.24. The number of allylic oxidation sites excluding steroid dienone is 1. The van der Waals surface area contributed by atoms with Gasteiger partial charge in [0.05, 0.1) is 19.1 Å². The lowest BCUT2D eigenvalue weighted by Crippen LogP contribution is -2.44. The molecule has 0 amide bonds. The molecule has 146 valence electrons. The summed E-state index contributed by atoms with van der Waals surface area (Å²) < 4.78 is 11.0. The molecule has 0 radical (unpaired) electrons. The number of hydrogen-bond acceptors (Lipinski definition) is 5. The predicted octanol–water partition coefficient (Wildman–Crippen LogP) is 4.29. The van der Waals surface area contributed by atoms with Crippen LogP contribution in [0.1, 0.15) is 18.4 Å². The van der Waals surface area contributed by atoms with E-state index in [0.29, 0.717) is 6.42 Å². The van der Waals surface area contributed by atoms with Crippen molar-refractivity contribution in [2.75, 3.05) is 27.8 Å². The van der Waals surface area contributed by atoms with E-state index in [0.717, 1.165) is 34.3 Å². The second-order valence-electron chi connectivity index (χ2n) is 7.41. The number of ketones is 1. The third-order valence-electron chi connectivity index (χ3n) is 5.94. The van der Waals surface area contributed by atoms with Gasteiger partial charge in [-0.2, -0.15) is 0 Å². The molecule has 0 N–H and O–H groups in total. The highest BCUT2D eigenvalue weighted by atomic mass is 32.2. The standard InChI is InChI=1S/C23H25NO3S/c1-24-12-11-23(16-9-10-19(26-2)20(13-16)27-3)15-21(18(25)14-22(23)24)28-17-7-5-4-6-8-17/h4-10,13,15,22H,11-12,14H2,1-3H3/t22-,23+/m1/s1. The molecule has 0 bridgehead atoms. The van der Waals surface area contributed by atoms with Gasteiger partial charge in [-0.05, 0) is 49.8 Å². The number of hydrogen-bond donors (Lipinski definition) is 0. The van der Waals surface area contributed by atoms with Gasteiger partial charge in [-0.15, -0.1) is 0 Å². The summed E-state index contributed by atoms with van der Waals surface area (Å²) in [7, 11) is 5.42. The summed E-state index contributed by atoms with van der Waals surface area (Å²) in [6.07, 6.45) is 3.73. The highest BCUT2D eigenvalue weighted by molar-refractivity contribution is 8.04. The second-order valence-corrected chi connectivity index (χ2v) is 8.52. The molecule has 0 saturated carbocycles. The molecule has 1 fully saturated rings. The van der Waals surface area contributed by atoms with E-state index >= 15 is 0 Å². The minimum absolute atomic E-state index is 0.165. The van der Waals surface area contributed by atoms with Crippen molar-refractivity contribution in [3.05, 3.63) is 65.1 Å². The average Bonchev–Trinajstić information content (AvgIpc) is 3.05. The van der Waals surface area contributed by atoms with Crippen LogP contribution in [0.25, 0.3) is 0 Å². The summed E-state index contributed by atoms with van der Waals surface area (Å²) in [4.78, 5) is 17.2. The first-order chi connectivity index (χ1) is 13.6. The smallest absolute Gasteiger partial charge is 0.170 e. The third kappa shape index (κ3) is 3.23. The van der Waals surface area contributed by atoms with E-state index in [9.17, 15) is 4.79 Å². The first kappa shape index (κ1) is 19.1. The zero-order chi connectivity index (χ0) is 19.7. The number of likely N-dealkylation sites (tertiary alicyclic amines) is 1. The summed E-state index contributed by atoms with van der Waals surface area (Å²) >= 11 is 1.57. The van der Waals surface area contributed by atoms with Crippen molar-refractivity contribution < 1.29 is 14.3 Å². The van der Waals surface area contributed by atoms with Crippen LogP contribution in [0.15, 0.2) is 64.4 Å². The second kappa shape index (κ2) is 7.64. The van der Waals surface area contributed by atoms with Gasteiger partial charge in [0.15, 0.2) is 17.3 Å². The van der Waals surface area contributed by atoms with Crippen LogP contribution in [0, 0.1) is 0 Å². The fourth-order valence-electron chi connectivity index (χ4n) is 4.42. The molecular weight excluding hydrogens is 370 g/mol.